The molecule has 1 saturated carbocycles. The number of carbonyl (C=O) groups is 1. The Kier molecular flexibility index (Phi) is 4.80. The molecule has 1 aliphatic heterocycles. The number of methoxy groups -OCH3 is 1. The highest BCUT2D eigenvalue weighted by Crippen LogP contribution is 2.40. The van der Waals surface area contributed by atoms with Crippen molar-refractivity contribution in [1.29, 1.82) is 0 Å². The van der Waals surface area contributed by atoms with E-state index in [0.29, 0.717) is 17.4 Å². The van der Waals surface area contributed by atoms with Gasteiger partial charge in [-0.15, -0.1) is 5.06 Å². The molecular weight excluding hydrogens is 330 g/mol. The molecule has 5 nitrogen and oxygen atoms in total. The normalized spacial score (nSPS) is 24.9. The van der Waals surface area contributed by atoms with E-state index in [9.17, 15) is 4.79 Å². The summed E-state index contributed by atoms with van der Waals surface area (Å²) in [5.74, 6) is 2.46. The van der Waals surface area contributed by atoms with Crippen molar-refractivity contribution in [2.24, 2.45) is 11.8 Å². The Morgan fingerprint density at radius 2 is 1.54 bits per heavy atom. The molecule has 3 atom stereocenters. The van der Waals surface area contributed by atoms with Gasteiger partial charge in [-0.25, -0.2) is 4.79 Å². The van der Waals surface area contributed by atoms with E-state index in [1.807, 2.05) is 47.5 Å². The maximum Gasteiger partial charge on any atom is 0.357 e. The first kappa shape index (κ1) is 16.9. The zero-order chi connectivity index (χ0) is 17.9. The van der Waals surface area contributed by atoms with Crippen LogP contribution in [0.2, 0.25) is 0 Å². The third-order valence-corrected chi connectivity index (χ3v) is 5.26. The summed E-state index contributed by atoms with van der Waals surface area (Å²) in [6, 6.07) is 16.8. The van der Waals surface area contributed by atoms with Crippen molar-refractivity contribution in [1.82, 2.24) is 5.06 Å². The minimum Gasteiger partial charge on any atom is -0.497 e. The van der Waals surface area contributed by atoms with Gasteiger partial charge in [0.05, 0.1) is 18.8 Å². The van der Waals surface area contributed by atoms with E-state index in [2.05, 4.69) is 0 Å². The Morgan fingerprint density at radius 3 is 2.15 bits per heavy atom. The molecule has 0 spiro atoms. The third-order valence-electron chi connectivity index (χ3n) is 5.26. The fourth-order valence-corrected chi connectivity index (χ4v) is 3.96. The lowest BCUT2D eigenvalue weighted by atomic mass is 10.0. The number of hydrogen-bond acceptors (Lipinski definition) is 5. The Balaban J connectivity index is 1.28. The van der Waals surface area contributed by atoms with Gasteiger partial charge in [-0.05, 0) is 61.1 Å². The van der Waals surface area contributed by atoms with Gasteiger partial charge in [0.2, 0.25) is 0 Å². The van der Waals surface area contributed by atoms with Crippen molar-refractivity contribution in [3.8, 4) is 11.5 Å². The number of hydroxylamine groups is 2. The summed E-state index contributed by atoms with van der Waals surface area (Å²) in [5.41, 5.74) is 0.588. The molecule has 2 aromatic rings. The van der Waals surface area contributed by atoms with Crippen LogP contribution in [-0.4, -0.2) is 37.3 Å². The number of nitrogens with zero attached hydrogens (tertiary/aromatic N) is 1. The molecule has 5 heteroatoms. The fourth-order valence-electron chi connectivity index (χ4n) is 3.96. The quantitative estimate of drug-likeness (QED) is 0.823. The number of rotatable bonds is 5. The molecule has 0 radical (unpaired) electrons. The van der Waals surface area contributed by atoms with Crippen molar-refractivity contribution in [3.63, 3.8) is 0 Å². The van der Waals surface area contributed by atoms with Crippen LogP contribution in [0.25, 0.3) is 0 Å². The average Bonchev–Trinajstić information content (AvgIpc) is 3.21. The van der Waals surface area contributed by atoms with Gasteiger partial charge in [0.1, 0.15) is 11.5 Å². The molecule has 0 N–H and O–H groups in total. The molecule has 26 heavy (non-hydrogen) atoms. The number of hydrogen-bond donors (Lipinski definition) is 0. The van der Waals surface area contributed by atoms with E-state index in [1.54, 1.807) is 19.2 Å². The van der Waals surface area contributed by atoms with E-state index in [1.165, 1.54) is 0 Å². The zero-order valence-electron chi connectivity index (χ0n) is 14.8. The second kappa shape index (κ2) is 7.38. The molecule has 1 saturated heterocycles. The van der Waals surface area contributed by atoms with E-state index in [-0.39, 0.29) is 12.1 Å². The van der Waals surface area contributed by atoms with Crippen molar-refractivity contribution in [3.05, 3.63) is 60.2 Å². The second-order valence-electron chi connectivity index (χ2n) is 7.00. The molecule has 0 amide bonds. The van der Waals surface area contributed by atoms with Gasteiger partial charge in [0.15, 0.2) is 0 Å². The summed E-state index contributed by atoms with van der Waals surface area (Å²) in [5, 5.41) is 1.81. The minimum absolute atomic E-state index is 0.227. The van der Waals surface area contributed by atoms with Crippen LogP contribution >= 0.6 is 0 Å². The van der Waals surface area contributed by atoms with Gasteiger partial charge in [-0.2, -0.15) is 0 Å². The second-order valence-corrected chi connectivity index (χ2v) is 7.00. The van der Waals surface area contributed by atoms with Crippen LogP contribution in [0, 0.1) is 11.8 Å². The van der Waals surface area contributed by atoms with E-state index >= 15 is 0 Å². The predicted molar refractivity (Wildman–Crippen MR) is 97.1 cm³/mol. The number of fused-ring (bicyclic) bond motifs is 1. The van der Waals surface area contributed by atoms with Crippen molar-refractivity contribution in [2.45, 2.75) is 18.9 Å². The molecule has 0 bridgehead atoms. The summed E-state index contributed by atoms with van der Waals surface area (Å²) in [4.78, 5) is 17.7. The van der Waals surface area contributed by atoms with Crippen LogP contribution in [0.4, 0.5) is 0 Å². The first-order valence-corrected chi connectivity index (χ1v) is 9.04. The Bertz CT molecular complexity index is 732. The highest BCUT2D eigenvalue weighted by Gasteiger charge is 2.43. The largest absolute Gasteiger partial charge is 0.497 e. The van der Waals surface area contributed by atoms with Crippen molar-refractivity contribution < 1.29 is 19.1 Å². The van der Waals surface area contributed by atoms with Gasteiger partial charge in [0.25, 0.3) is 0 Å². The summed E-state index contributed by atoms with van der Waals surface area (Å²) in [6.07, 6.45) is 2.22. The maximum atomic E-state index is 12.2. The third kappa shape index (κ3) is 3.68. The van der Waals surface area contributed by atoms with E-state index in [0.717, 1.165) is 37.4 Å². The number of carbonyl (C=O) groups excluding carboxylic acids is 1. The van der Waals surface area contributed by atoms with Gasteiger partial charge in [0, 0.05) is 13.1 Å². The summed E-state index contributed by atoms with van der Waals surface area (Å²) in [7, 11) is 1.66. The highest BCUT2D eigenvalue weighted by molar-refractivity contribution is 5.89. The van der Waals surface area contributed by atoms with Gasteiger partial charge < -0.3 is 14.3 Å². The molecule has 4 rings (SSSR count). The lowest BCUT2D eigenvalue weighted by Crippen LogP contribution is -2.27. The monoisotopic (exact) mass is 353 g/mol. The zero-order valence-corrected chi connectivity index (χ0v) is 14.8. The standard InChI is InChI=1S/C21H23NO4/c1-24-18-7-9-19(10-8-18)25-20-11-16-13-22(14-17(16)12-20)26-21(23)15-5-3-2-4-6-15/h2-10,16-17,20H,11-14H2,1H3/t16-,17+,20?. The lowest BCUT2D eigenvalue weighted by Gasteiger charge is -2.19. The molecule has 0 aromatic heterocycles. The van der Waals surface area contributed by atoms with Crippen LogP contribution in [0.5, 0.6) is 11.5 Å². The first-order chi connectivity index (χ1) is 12.7. The maximum absolute atomic E-state index is 12.2. The van der Waals surface area contributed by atoms with E-state index in [4.69, 9.17) is 14.3 Å². The highest BCUT2D eigenvalue weighted by atomic mass is 16.7. The molecule has 2 fully saturated rings. The van der Waals surface area contributed by atoms with Gasteiger partial charge >= 0.3 is 5.97 Å². The molecule has 136 valence electrons. The van der Waals surface area contributed by atoms with E-state index < -0.39 is 0 Å². The summed E-state index contributed by atoms with van der Waals surface area (Å²) < 4.78 is 11.3. The van der Waals surface area contributed by atoms with Gasteiger partial charge in [-0.1, -0.05) is 18.2 Å². The number of ether oxygens (including phenoxy) is 2. The minimum atomic E-state index is -0.281. The molecule has 1 aliphatic carbocycles. The molecule has 2 aliphatic rings. The van der Waals surface area contributed by atoms with Crippen LogP contribution in [0.3, 0.4) is 0 Å². The Labute approximate surface area is 153 Å². The van der Waals surface area contributed by atoms with Crippen LogP contribution in [-0.2, 0) is 4.84 Å². The predicted octanol–water partition coefficient (Wildman–Crippen LogP) is 3.56. The first-order valence-electron chi connectivity index (χ1n) is 9.04. The average molecular weight is 353 g/mol. The molecular formula is C21H23NO4. The Hall–Kier alpha value is -2.53. The lowest BCUT2D eigenvalue weighted by molar-refractivity contribution is -0.0991. The SMILES string of the molecule is COc1ccc(OC2C[C@@H]3CN(OC(=O)c4ccccc4)C[C@@H]3C2)cc1. The Morgan fingerprint density at radius 1 is 0.923 bits per heavy atom. The molecule has 2 aromatic carbocycles. The van der Waals surface area contributed by atoms with Crippen LogP contribution < -0.4 is 9.47 Å². The van der Waals surface area contributed by atoms with Crippen molar-refractivity contribution >= 4 is 5.97 Å². The summed E-state index contributed by atoms with van der Waals surface area (Å²) >= 11 is 0. The number of benzene rings is 2. The van der Waals surface area contributed by atoms with Crippen LogP contribution in [0.1, 0.15) is 23.2 Å². The topological polar surface area (TPSA) is 48.0 Å². The van der Waals surface area contributed by atoms with Crippen LogP contribution in [0.15, 0.2) is 54.6 Å². The smallest absolute Gasteiger partial charge is 0.357 e. The van der Waals surface area contributed by atoms with Gasteiger partial charge in [-0.3, -0.25) is 0 Å². The molecule has 1 heterocycles. The van der Waals surface area contributed by atoms with Crippen molar-refractivity contribution in [2.75, 3.05) is 20.2 Å². The molecule has 1 unspecified atom stereocenters. The summed E-state index contributed by atoms with van der Waals surface area (Å²) in [6.45, 7) is 1.57. The fraction of sp³-hybridized carbons (Fsp3) is 0.381.